The maximum absolute atomic E-state index is 12.0. The second kappa shape index (κ2) is 7.36. The SMILES string of the molecule is Cc1nnc(NC(=O)NC2CCC(Nc3ccccn3)CC2)s1. The van der Waals surface area contributed by atoms with Crippen molar-refractivity contribution in [1.82, 2.24) is 20.5 Å². The number of aromatic nitrogens is 3. The zero-order chi connectivity index (χ0) is 16.1. The Morgan fingerprint density at radius 1 is 1.17 bits per heavy atom. The van der Waals surface area contributed by atoms with Crippen molar-refractivity contribution in [2.24, 2.45) is 0 Å². The molecule has 0 bridgehead atoms. The van der Waals surface area contributed by atoms with Gasteiger partial charge < -0.3 is 10.6 Å². The fraction of sp³-hybridized carbons (Fsp3) is 0.467. The molecule has 122 valence electrons. The molecular weight excluding hydrogens is 312 g/mol. The molecular formula is C15H20N6OS. The lowest BCUT2D eigenvalue weighted by Gasteiger charge is -2.29. The Kier molecular flexibility index (Phi) is 5.02. The van der Waals surface area contributed by atoms with Gasteiger partial charge in [0.25, 0.3) is 0 Å². The highest BCUT2D eigenvalue weighted by Crippen LogP contribution is 2.22. The van der Waals surface area contributed by atoms with Gasteiger partial charge in [-0.15, -0.1) is 10.2 Å². The van der Waals surface area contributed by atoms with Gasteiger partial charge in [0.15, 0.2) is 0 Å². The Hall–Kier alpha value is -2.22. The van der Waals surface area contributed by atoms with Crippen LogP contribution in [0.1, 0.15) is 30.7 Å². The summed E-state index contributed by atoms with van der Waals surface area (Å²) in [6.07, 6.45) is 5.72. The van der Waals surface area contributed by atoms with E-state index in [1.54, 1.807) is 6.20 Å². The van der Waals surface area contributed by atoms with Gasteiger partial charge >= 0.3 is 6.03 Å². The van der Waals surface area contributed by atoms with Crippen molar-refractivity contribution in [3.63, 3.8) is 0 Å². The summed E-state index contributed by atoms with van der Waals surface area (Å²) >= 11 is 1.37. The number of amides is 2. The van der Waals surface area contributed by atoms with Crippen molar-refractivity contribution in [3.05, 3.63) is 29.4 Å². The molecule has 23 heavy (non-hydrogen) atoms. The molecule has 7 nitrogen and oxygen atoms in total. The number of carbonyl (C=O) groups is 1. The van der Waals surface area contributed by atoms with Gasteiger partial charge in [0, 0.05) is 18.3 Å². The number of nitrogens with one attached hydrogen (secondary N) is 3. The van der Waals surface area contributed by atoms with Crippen molar-refractivity contribution in [2.75, 3.05) is 10.6 Å². The van der Waals surface area contributed by atoms with E-state index in [9.17, 15) is 4.79 Å². The minimum Gasteiger partial charge on any atom is -0.367 e. The number of hydrogen-bond donors (Lipinski definition) is 3. The molecule has 1 aliphatic carbocycles. The lowest BCUT2D eigenvalue weighted by Crippen LogP contribution is -2.42. The minimum absolute atomic E-state index is 0.200. The quantitative estimate of drug-likeness (QED) is 0.801. The topological polar surface area (TPSA) is 91.8 Å². The Morgan fingerprint density at radius 2 is 1.96 bits per heavy atom. The minimum atomic E-state index is -0.206. The third-order valence-corrected chi connectivity index (χ3v) is 4.58. The lowest BCUT2D eigenvalue weighted by atomic mass is 9.91. The molecule has 3 N–H and O–H groups in total. The number of urea groups is 1. The zero-order valence-corrected chi connectivity index (χ0v) is 13.8. The van der Waals surface area contributed by atoms with Gasteiger partial charge in [-0.25, -0.2) is 9.78 Å². The van der Waals surface area contributed by atoms with E-state index in [-0.39, 0.29) is 12.1 Å². The molecule has 2 aromatic rings. The average molecular weight is 332 g/mol. The number of carbonyl (C=O) groups excluding carboxylic acids is 1. The van der Waals surface area contributed by atoms with Gasteiger partial charge in [-0.3, -0.25) is 5.32 Å². The van der Waals surface area contributed by atoms with Crippen molar-refractivity contribution in [3.8, 4) is 0 Å². The number of aryl methyl sites for hydroxylation is 1. The number of rotatable bonds is 4. The van der Waals surface area contributed by atoms with Crippen molar-refractivity contribution in [2.45, 2.75) is 44.7 Å². The van der Waals surface area contributed by atoms with Gasteiger partial charge in [-0.05, 0) is 44.7 Å². The Labute approximate surface area is 138 Å². The normalized spacial score (nSPS) is 20.7. The summed E-state index contributed by atoms with van der Waals surface area (Å²) in [5.41, 5.74) is 0. The molecule has 1 aliphatic rings. The van der Waals surface area contributed by atoms with Crippen LogP contribution in [-0.2, 0) is 0 Å². The smallest absolute Gasteiger partial charge is 0.321 e. The van der Waals surface area contributed by atoms with E-state index >= 15 is 0 Å². The number of anilines is 2. The number of nitrogens with zero attached hydrogens (tertiary/aromatic N) is 3. The first-order valence-corrected chi connectivity index (χ1v) is 8.56. The summed E-state index contributed by atoms with van der Waals surface area (Å²) in [7, 11) is 0. The highest BCUT2D eigenvalue weighted by Gasteiger charge is 2.22. The first-order valence-electron chi connectivity index (χ1n) is 7.74. The van der Waals surface area contributed by atoms with E-state index in [4.69, 9.17) is 0 Å². The molecule has 8 heteroatoms. The summed E-state index contributed by atoms with van der Waals surface area (Å²) in [5.74, 6) is 0.910. The first-order chi connectivity index (χ1) is 11.2. The van der Waals surface area contributed by atoms with Crippen LogP contribution in [0.25, 0.3) is 0 Å². The largest absolute Gasteiger partial charge is 0.367 e. The molecule has 3 rings (SSSR count). The second-order valence-electron chi connectivity index (χ2n) is 5.63. The molecule has 1 fully saturated rings. The van der Waals surface area contributed by atoms with Gasteiger partial charge in [-0.1, -0.05) is 17.4 Å². The third kappa shape index (κ3) is 4.62. The molecule has 0 radical (unpaired) electrons. The predicted molar refractivity (Wildman–Crippen MR) is 90.7 cm³/mol. The highest BCUT2D eigenvalue weighted by molar-refractivity contribution is 7.15. The fourth-order valence-corrected chi connectivity index (χ4v) is 3.29. The lowest BCUT2D eigenvalue weighted by molar-refractivity contribution is 0.243. The second-order valence-corrected chi connectivity index (χ2v) is 6.81. The van der Waals surface area contributed by atoms with E-state index in [1.807, 2.05) is 25.1 Å². The summed E-state index contributed by atoms with van der Waals surface area (Å²) in [6, 6.07) is 6.26. The molecule has 0 saturated heterocycles. The summed E-state index contributed by atoms with van der Waals surface area (Å²) in [5, 5.41) is 18.3. The van der Waals surface area contributed by atoms with Crippen molar-refractivity contribution >= 4 is 28.3 Å². The average Bonchev–Trinajstić information content (AvgIpc) is 2.95. The molecule has 0 unspecified atom stereocenters. The van der Waals surface area contributed by atoms with E-state index < -0.39 is 0 Å². The molecule has 2 aromatic heterocycles. The molecule has 2 heterocycles. The van der Waals surface area contributed by atoms with Crippen LogP contribution in [0.5, 0.6) is 0 Å². The fourth-order valence-electron chi connectivity index (χ4n) is 2.71. The van der Waals surface area contributed by atoms with Crippen LogP contribution in [0, 0.1) is 6.92 Å². The molecule has 1 saturated carbocycles. The van der Waals surface area contributed by atoms with Gasteiger partial charge in [0.2, 0.25) is 5.13 Å². The Balaban J connectivity index is 1.41. The standard InChI is InChI=1S/C15H20N6OS/c1-10-20-21-15(23-10)19-14(22)18-12-7-5-11(6-8-12)17-13-4-2-3-9-16-13/h2-4,9,11-12H,5-8H2,1H3,(H,16,17)(H2,18,19,21,22). The van der Waals surface area contributed by atoms with Crippen LogP contribution in [0.4, 0.5) is 15.7 Å². The number of pyridine rings is 1. The molecule has 0 spiro atoms. The van der Waals surface area contributed by atoms with Crippen molar-refractivity contribution in [1.29, 1.82) is 0 Å². The number of hydrogen-bond acceptors (Lipinski definition) is 6. The van der Waals surface area contributed by atoms with E-state index in [0.717, 1.165) is 36.5 Å². The molecule has 2 amide bonds. The van der Waals surface area contributed by atoms with Crippen LogP contribution in [0.15, 0.2) is 24.4 Å². The molecule has 0 aromatic carbocycles. The van der Waals surface area contributed by atoms with Gasteiger partial charge in [-0.2, -0.15) is 0 Å². The van der Waals surface area contributed by atoms with E-state index in [0.29, 0.717) is 11.2 Å². The van der Waals surface area contributed by atoms with Crippen LogP contribution in [-0.4, -0.2) is 33.3 Å². The predicted octanol–water partition coefficient (Wildman–Crippen LogP) is 2.79. The zero-order valence-electron chi connectivity index (χ0n) is 13.0. The Bertz CT molecular complexity index is 638. The van der Waals surface area contributed by atoms with Gasteiger partial charge in [0.1, 0.15) is 10.8 Å². The Morgan fingerprint density at radius 3 is 2.61 bits per heavy atom. The maximum atomic E-state index is 12.0. The van der Waals surface area contributed by atoms with E-state index in [1.165, 1.54) is 11.3 Å². The van der Waals surface area contributed by atoms with Gasteiger partial charge in [0.05, 0.1) is 0 Å². The van der Waals surface area contributed by atoms with E-state index in [2.05, 4.69) is 31.1 Å². The monoisotopic (exact) mass is 332 g/mol. The summed E-state index contributed by atoms with van der Waals surface area (Å²) < 4.78 is 0. The third-order valence-electron chi connectivity index (χ3n) is 3.83. The van der Waals surface area contributed by atoms with Crippen LogP contribution >= 0.6 is 11.3 Å². The first kappa shape index (κ1) is 15.7. The maximum Gasteiger partial charge on any atom is 0.321 e. The summed E-state index contributed by atoms with van der Waals surface area (Å²) in [4.78, 5) is 16.2. The van der Waals surface area contributed by atoms with Crippen LogP contribution < -0.4 is 16.0 Å². The van der Waals surface area contributed by atoms with Crippen LogP contribution in [0.2, 0.25) is 0 Å². The molecule has 0 atom stereocenters. The molecule has 0 aliphatic heterocycles. The van der Waals surface area contributed by atoms with Crippen LogP contribution in [0.3, 0.4) is 0 Å². The highest BCUT2D eigenvalue weighted by atomic mass is 32.1. The summed E-state index contributed by atoms with van der Waals surface area (Å²) in [6.45, 7) is 1.86. The van der Waals surface area contributed by atoms with Crippen molar-refractivity contribution < 1.29 is 4.79 Å².